The van der Waals surface area contributed by atoms with Crippen molar-refractivity contribution in [1.82, 2.24) is 15.0 Å². The van der Waals surface area contributed by atoms with Gasteiger partial charge in [0.25, 0.3) is 11.8 Å². The van der Waals surface area contributed by atoms with Gasteiger partial charge in [-0.3, -0.25) is 4.79 Å². The highest BCUT2D eigenvalue weighted by Gasteiger charge is 2.20. The van der Waals surface area contributed by atoms with Gasteiger partial charge in [0.1, 0.15) is 5.82 Å². The van der Waals surface area contributed by atoms with Gasteiger partial charge in [0, 0.05) is 25.6 Å². The van der Waals surface area contributed by atoms with Crippen LogP contribution < -0.4 is 14.2 Å². The lowest BCUT2D eigenvalue weighted by atomic mass is 10.1. The molecule has 1 amide bonds. The highest BCUT2D eigenvalue weighted by atomic mass is 19.1. The first-order valence-electron chi connectivity index (χ1n) is 9.11. The number of halogens is 1. The van der Waals surface area contributed by atoms with Gasteiger partial charge in [-0.25, -0.2) is 4.39 Å². The van der Waals surface area contributed by atoms with Gasteiger partial charge in [0.05, 0.1) is 26.9 Å². The van der Waals surface area contributed by atoms with Crippen molar-refractivity contribution in [1.29, 1.82) is 0 Å². The standard InChI is InChI=1S/C21H22FN3O5/c1-25(21(26)13-11-16(27-2)19(29-4)17(12-13)28-3)10-9-18-23-20(30-24-18)14-7-5-6-8-15(14)22/h5-8,11-12H,9-10H2,1-4H3. The number of carbonyl (C=O) groups is 1. The molecule has 0 bridgehead atoms. The largest absolute Gasteiger partial charge is 0.493 e. The third-order valence-corrected chi connectivity index (χ3v) is 4.50. The quantitative estimate of drug-likeness (QED) is 0.558. The number of hydrogen-bond acceptors (Lipinski definition) is 7. The van der Waals surface area contributed by atoms with Crippen molar-refractivity contribution in [3.05, 3.63) is 53.6 Å². The molecule has 2 aromatic carbocycles. The minimum atomic E-state index is -0.442. The van der Waals surface area contributed by atoms with Gasteiger partial charge in [0.15, 0.2) is 17.3 Å². The van der Waals surface area contributed by atoms with Crippen molar-refractivity contribution in [2.45, 2.75) is 6.42 Å². The number of rotatable bonds is 8. The number of hydrogen-bond donors (Lipinski definition) is 0. The third-order valence-electron chi connectivity index (χ3n) is 4.50. The Labute approximate surface area is 173 Å². The van der Waals surface area contributed by atoms with Crippen molar-refractivity contribution in [3.63, 3.8) is 0 Å². The topological polar surface area (TPSA) is 86.9 Å². The first kappa shape index (κ1) is 21.1. The van der Waals surface area contributed by atoms with E-state index in [0.717, 1.165) is 0 Å². The summed E-state index contributed by atoms with van der Waals surface area (Å²) in [6, 6.07) is 9.33. The van der Waals surface area contributed by atoms with E-state index in [1.165, 1.54) is 32.3 Å². The number of nitrogens with zero attached hydrogens (tertiary/aromatic N) is 3. The second-order valence-corrected chi connectivity index (χ2v) is 6.39. The first-order valence-corrected chi connectivity index (χ1v) is 9.11. The summed E-state index contributed by atoms with van der Waals surface area (Å²) in [6.45, 7) is 0.325. The molecule has 0 aliphatic rings. The summed E-state index contributed by atoms with van der Waals surface area (Å²) >= 11 is 0. The lowest BCUT2D eigenvalue weighted by Crippen LogP contribution is -2.29. The highest BCUT2D eigenvalue weighted by Crippen LogP contribution is 2.38. The molecule has 9 heteroatoms. The van der Waals surface area contributed by atoms with Crippen LogP contribution in [0.15, 0.2) is 40.9 Å². The number of amides is 1. The zero-order chi connectivity index (χ0) is 21.7. The van der Waals surface area contributed by atoms with E-state index in [2.05, 4.69) is 10.1 Å². The molecule has 0 N–H and O–H groups in total. The van der Waals surface area contributed by atoms with Gasteiger partial charge in [-0.05, 0) is 24.3 Å². The Hall–Kier alpha value is -3.62. The molecular formula is C21H22FN3O5. The van der Waals surface area contributed by atoms with E-state index in [9.17, 15) is 9.18 Å². The predicted octanol–water partition coefficient (Wildman–Crippen LogP) is 3.22. The smallest absolute Gasteiger partial charge is 0.260 e. The molecule has 1 aromatic heterocycles. The summed E-state index contributed by atoms with van der Waals surface area (Å²) in [4.78, 5) is 18.6. The van der Waals surface area contributed by atoms with Crippen LogP contribution in [0.1, 0.15) is 16.2 Å². The van der Waals surface area contributed by atoms with Gasteiger partial charge >= 0.3 is 0 Å². The molecule has 0 aliphatic carbocycles. The predicted molar refractivity (Wildman–Crippen MR) is 106 cm³/mol. The molecule has 0 radical (unpaired) electrons. The van der Waals surface area contributed by atoms with Crippen LogP contribution >= 0.6 is 0 Å². The van der Waals surface area contributed by atoms with Crippen LogP contribution in [0.3, 0.4) is 0 Å². The van der Waals surface area contributed by atoms with Crippen LogP contribution in [0, 0.1) is 5.82 Å². The van der Waals surface area contributed by atoms with E-state index in [1.54, 1.807) is 37.4 Å². The van der Waals surface area contributed by atoms with E-state index in [4.69, 9.17) is 18.7 Å². The maximum absolute atomic E-state index is 13.9. The fourth-order valence-corrected chi connectivity index (χ4v) is 2.89. The Balaban J connectivity index is 1.70. The van der Waals surface area contributed by atoms with Crippen LogP contribution in [-0.2, 0) is 6.42 Å². The molecule has 0 saturated heterocycles. The van der Waals surface area contributed by atoms with Gasteiger partial charge in [-0.1, -0.05) is 17.3 Å². The van der Waals surface area contributed by atoms with Gasteiger partial charge in [0.2, 0.25) is 5.75 Å². The van der Waals surface area contributed by atoms with Crippen LogP contribution in [0.2, 0.25) is 0 Å². The van der Waals surface area contributed by atoms with Gasteiger partial charge < -0.3 is 23.6 Å². The lowest BCUT2D eigenvalue weighted by molar-refractivity contribution is 0.0795. The second kappa shape index (κ2) is 9.25. The minimum Gasteiger partial charge on any atom is -0.493 e. The molecule has 0 aliphatic heterocycles. The fourth-order valence-electron chi connectivity index (χ4n) is 2.89. The maximum Gasteiger partial charge on any atom is 0.260 e. The van der Waals surface area contributed by atoms with Crippen LogP contribution in [-0.4, -0.2) is 55.9 Å². The van der Waals surface area contributed by atoms with E-state index in [-0.39, 0.29) is 17.4 Å². The Morgan fingerprint density at radius 3 is 2.37 bits per heavy atom. The molecule has 1 heterocycles. The number of benzene rings is 2. The maximum atomic E-state index is 13.9. The van der Waals surface area contributed by atoms with Crippen molar-refractivity contribution in [2.75, 3.05) is 34.9 Å². The Morgan fingerprint density at radius 2 is 1.77 bits per heavy atom. The van der Waals surface area contributed by atoms with Crippen molar-refractivity contribution >= 4 is 5.91 Å². The highest BCUT2D eigenvalue weighted by molar-refractivity contribution is 5.95. The van der Waals surface area contributed by atoms with Gasteiger partial charge in [-0.2, -0.15) is 4.98 Å². The monoisotopic (exact) mass is 415 g/mol. The second-order valence-electron chi connectivity index (χ2n) is 6.39. The first-order chi connectivity index (χ1) is 14.5. The summed E-state index contributed by atoms with van der Waals surface area (Å²) in [5.41, 5.74) is 0.616. The van der Waals surface area contributed by atoms with Crippen LogP contribution in [0.5, 0.6) is 17.2 Å². The molecule has 0 saturated carbocycles. The number of methoxy groups -OCH3 is 3. The van der Waals surface area contributed by atoms with Crippen molar-refractivity contribution in [2.24, 2.45) is 0 Å². The fraction of sp³-hybridized carbons (Fsp3) is 0.286. The van der Waals surface area contributed by atoms with Crippen LogP contribution in [0.4, 0.5) is 4.39 Å². The molecule has 0 atom stereocenters. The third kappa shape index (κ3) is 4.35. The van der Waals surface area contributed by atoms with E-state index in [0.29, 0.717) is 41.6 Å². The molecule has 8 nitrogen and oxygen atoms in total. The number of aromatic nitrogens is 2. The average molecular weight is 415 g/mol. The van der Waals surface area contributed by atoms with Crippen molar-refractivity contribution < 1.29 is 27.9 Å². The van der Waals surface area contributed by atoms with E-state index in [1.807, 2.05) is 0 Å². The number of likely N-dealkylation sites (N-methyl/N-ethyl adjacent to an activating group) is 1. The summed E-state index contributed by atoms with van der Waals surface area (Å²) in [7, 11) is 6.12. The van der Waals surface area contributed by atoms with E-state index >= 15 is 0 Å². The zero-order valence-corrected chi connectivity index (χ0v) is 17.1. The molecule has 0 unspecified atom stereocenters. The molecule has 0 spiro atoms. The normalized spacial score (nSPS) is 10.6. The van der Waals surface area contributed by atoms with Crippen LogP contribution in [0.25, 0.3) is 11.5 Å². The summed E-state index contributed by atoms with van der Waals surface area (Å²) in [5, 5.41) is 3.87. The van der Waals surface area contributed by atoms with Gasteiger partial charge in [-0.15, -0.1) is 0 Å². The summed E-state index contributed by atoms with van der Waals surface area (Å²) < 4.78 is 34.9. The zero-order valence-electron chi connectivity index (χ0n) is 17.1. The Bertz CT molecular complexity index is 1010. The summed E-state index contributed by atoms with van der Waals surface area (Å²) in [6.07, 6.45) is 0.338. The average Bonchev–Trinajstić information content (AvgIpc) is 3.24. The minimum absolute atomic E-state index is 0.0988. The summed E-state index contributed by atoms with van der Waals surface area (Å²) in [5.74, 6) is 0.975. The number of ether oxygens (including phenoxy) is 3. The molecule has 3 rings (SSSR count). The molecule has 3 aromatic rings. The lowest BCUT2D eigenvalue weighted by Gasteiger charge is -2.18. The Morgan fingerprint density at radius 1 is 1.10 bits per heavy atom. The number of carbonyl (C=O) groups excluding carboxylic acids is 1. The van der Waals surface area contributed by atoms with E-state index < -0.39 is 5.82 Å². The SMILES string of the molecule is COc1cc(C(=O)N(C)CCc2noc(-c3ccccc3F)n2)cc(OC)c1OC. The molecule has 158 valence electrons. The molecular weight excluding hydrogens is 393 g/mol. The Kier molecular flexibility index (Phi) is 6.51. The molecule has 30 heavy (non-hydrogen) atoms. The van der Waals surface area contributed by atoms with Crippen molar-refractivity contribution in [3.8, 4) is 28.7 Å². The molecule has 0 fully saturated rings.